The van der Waals surface area contributed by atoms with E-state index in [0.717, 1.165) is 25.1 Å². The second-order valence-electron chi connectivity index (χ2n) is 7.35. The fourth-order valence-corrected chi connectivity index (χ4v) is 2.62. The summed E-state index contributed by atoms with van der Waals surface area (Å²) < 4.78 is 5.48. The van der Waals surface area contributed by atoms with Crippen LogP contribution in [0.2, 0.25) is 0 Å². The molecule has 0 saturated carbocycles. The lowest BCUT2D eigenvalue weighted by molar-refractivity contribution is 0.119. The number of ether oxygens (including phenoxy) is 1. The summed E-state index contributed by atoms with van der Waals surface area (Å²) in [6, 6.07) is 20.7. The molecule has 0 N–H and O–H groups in total. The molecule has 0 spiro atoms. The topological polar surface area (TPSA) is 12.5 Å². The van der Waals surface area contributed by atoms with Gasteiger partial charge in [0.2, 0.25) is 0 Å². The van der Waals surface area contributed by atoms with E-state index >= 15 is 0 Å². The Labute approximate surface area is 193 Å². The highest BCUT2D eigenvalue weighted by Crippen LogP contribution is 2.02. The standard InChI is InChI=1S/C12H25NO.C9H12.C6H6.C2H4/c1-5-7-13(8-6-2)9-10-14-11-12(3)4;1-3-9-6-4-8(2)5-7-9;1-2-4-6-5-3-1;1-2/h3,5-11H2,1-2,4H3;4-7H,3H2,1-2H3;1-6H;1-2H2. The molecule has 2 aromatic carbocycles. The van der Waals surface area contributed by atoms with E-state index in [1.54, 1.807) is 0 Å². The third kappa shape index (κ3) is 22.3. The van der Waals surface area contributed by atoms with E-state index in [4.69, 9.17) is 4.74 Å². The minimum Gasteiger partial charge on any atom is -0.376 e. The summed E-state index contributed by atoms with van der Waals surface area (Å²) in [5.74, 6) is 0. The third-order valence-electron chi connectivity index (χ3n) is 4.18. The van der Waals surface area contributed by atoms with Crippen LogP contribution in [0, 0.1) is 6.92 Å². The zero-order valence-electron chi connectivity index (χ0n) is 20.9. The Morgan fingerprint density at radius 3 is 1.61 bits per heavy atom. The molecule has 0 bridgehead atoms. The van der Waals surface area contributed by atoms with Crippen LogP contribution in [0.15, 0.2) is 86.0 Å². The first kappa shape index (κ1) is 31.0. The molecular weight excluding hydrogens is 378 g/mol. The number of hydrogen-bond acceptors (Lipinski definition) is 2. The molecule has 2 aromatic rings. The van der Waals surface area contributed by atoms with Gasteiger partial charge in [-0.15, -0.1) is 13.2 Å². The Morgan fingerprint density at radius 1 is 0.806 bits per heavy atom. The van der Waals surface area contributed by atoms with Crippen LogP contribution in [0.5, 0.6) is 0 Å². The van der Waals surface area contributed by atoms with Gasteiger partial charge in [0.1, 0.15) is 0 Å². The summed E-state index contributed by atoms with van der Waals surface area (Å²) >= 11 is 0. The number of aryl methyl sites for hydroxylation is 2. The van der Waals surface area contributed by atoms with Crippen molar-refractivity contribution in [1.82, 2.24) is 4.90 Å². The van der Waals surface area contributed by atoms with Crippen molar-refractivity contribution in [3.8, 4) is 0 Å². The van der Waals surface area contributed by atoms with Crippen molar-refractivity contribution in [2.24, 2.45) is 0 Å². The van der Waals surface area contributed by atoms with Crippen LogP contribution in [0.1, 0.15) is 51.7 Å². The highest BCUT2D eigenvalue weighted by atomic mass is 16.5. The zero-order valence-corrected chi connectivity index (χ0v) is 20.9. The van der Waals surface area contributed by atoms with Gasteiger partial charge in [-0.3, -0.25) is 0 Å². The summed E-state index contributed by atoms with van der Waals surface area (Å²) in [6.45, 7) is 25.5. The van der Waals surface area contributed by atoms with Crippen LogP contribution >= 0.6 is 0 Å². The summed E-state index contributed by atoms with van der Waals surface area (Å²) in [5, 5.41) is 0. The quantitative estimate of drug-likeness (QED) is 0.285. The van der Waals surface area contributed by atoms with E-state index in [1.165, 1.54) is 37.1 Å². The van der Waals surface area contributed by atoms with Crippen molar-refractivity contribution < 1.29 is 4.74 Å². The molecule has 0 aromatic heterocycles. The summed E-state index contributed by atoms with van der Waals surface area (Å²) in [6.07, 6.45) is 3.58. The van der Waals surface area contributed by atoms with Gasteiger partial charge < -0.3 is 9.64 Å². The molecule has 2 rings (SSSR count). The van der Waals surface area contributed by atoms with Crippen molar-refractivity contribution >= 4 is 0 Å². The molecule has 0 aliphatic carbocycles. The Kier molecular flexibility index (Phi) is 24.1. The molecule has 0 saturated heterocycles. The van der Waals surface area contributed by atoms with Crippen molar-refractivity contribution in [2.45, 2.75) is 53.9 Å². The minimum atomic E-state index is 0.700. The predicted molar refractivity (Wildman–Crippen MR) is 141 cm³/mol. The maximum absolute atomic E-state index is 5.48. The molecule has 0 radical (unpaired) electrons. The lowest BCUT2D eigenvalue weighted by Gasteiger charge is -2.20. The van der Waals surface area contributed by atoms with Crippen LogP contribution in [-0.2, 0) is 11.2 Å². The second-order valence-corrected chi connectivity index (χ2v) is 7.35. The van der Waals surface area contributed by atoms with Crippen molar-refractivity contribution in [3.05, 3.63) is 97.1 Å². The van der Waals surface area contributed by atoms with Gasteiger partial charge >= 0.3 is 0 Å². The molecule has 2 nitrogen and oxygen atoms in total. The molecule has 0 aliphatic rings. The molecular formula is C29H47NO. The van der Waals surface area contributed by atoms with Gasteiger partial charge in [0, 0.05) is 6.54 Å². The maximum atomic E-state index is 5.48. The van der Waals surface area contributed by atoms with Gasteiger partial charge in [-0.25, -0.2) is 0 Å². The van der Waals surface area contributed by atoms with Crippen molar-refractivity contribution in [2.75, 3.05) is 32.8 Å². The molecule has 0 unspecified atom stereocenters. The Bertz CT molecular complexity index is 574. The fraction of sp³-hybridized carbons (Fsp3) is 0.448. The lowest BCUT2D eigenvalue weighted by atomic mass is 10.1. The van der Waals surface area contributed by atoms with Gasteiger partial charge in [0.25, 0.3) is 0 Å². The molecule has 174 valence electrons. The number of hydrogen-bond donors (Lipinski definition) is 0. The Morgan fingerprint density at radius 2 is 1.26 bits per heavy atom. The normalized spacial score (nSPS) is 9.35. The zero-order chi connectivity index (χ0) is 23.7. The number of rotatable bonds is 10. The molecule has 0 atom stereocenters. The first-order valence-corrected chi connectivity index (χ1v) is 11.5. The van der Waals surface area contributed by atoms with Gasteiger partial charge in [-0.05, 0) is 51.8 Å². The van der Waals surface area contributed by atoms with Gasteiger partial charge in [-0.2, -0.15) is 0 Å². The first-order chi connectivity index (χ1) is 15.0. The average molecular weight is 426 g/mol. The number of benzene rings is 2. The van der Waals surface area contributed by atoms with Crippen molar-refractivity contribution in [3.63, 3.8) is 0 Å². The van der Waals surface area contributed by atoms with Crippen LogP contribution in [0.3, 0.4) is 0 Å². The molecule has 2 heteroatoms. The van der Waals surface area contributed by atoms with Crippen LogP contribution in [-0.4, -0.2) is 37.7 Å². The monoisotopic (exact) mass is 425 g/mol. The Balaban J connectivity index is 0. The van der Waals surface area contributed by atoms with Crippen LogP contribution in [0.25, 0.3) is 0 Å². The highest BCUT2D eigenvalue weighted by molar-refractivity contribution is 5.20. The van der Waals surface area contributed by atoms with E-state index in [1.807, 2.05) is 43.3 Å². The van der Waals surface area contributed by atoms with E-state index in [2.05, 4.69) is 76.6 Å². The minimum absolute atomic E-state index is 0.700. The first-order valence-electron chi connectivity index (χ1n) is 11.5. The second kappa shape index (κ2) is 24.1. The van der Waals surface area contributed by atoms with Crippen LogP contribution < -0.4 is 0 Å². The summed E-state index contributed by atoms with van der Waals surface area (Å²) in [7, 11) is 0. The fourth-order valence-electron chi connectivity index (χ4n) is 2.62. The van der Waals surface area contributed by atoms with E-state index in [-0.39, 0.29) is 0 Å². The molecule has 0 fully saturated rings. The largest absolute Gasteiger partial charge is 0.376 e. The van der Waals surface area contributed by atoms with Crippen molar-refractivity contribution in [1.29, 1.82) is 0 Å². The van der Waals surface area contributed by atoms with Gasteiger partial charge in [0.15, 0.2) is 0 Å². The summed E-state index contributed by atoms with van der Waals surface area (Å²) in [4.78, 5) is 2.46. The molecule has 31 heavy (non-hydrogen) atoms. The molecule has 0 heterocycles. The Hall–Kier alpha value is -2.16. The smallest absolute Gasteiger partial charge is 0.0672 e. The lowest BCUT2D eigenvalue weighted by Crippen LogP contribution is -2.29. The molecule has 0 aliphatic heterocycles. The molecule has 0 amide bonds. The van der Waals surface area contributed by atoms with Crippen LogP contribution in [0.4, 0.5) is 0 Å². The highest BCUT2D eigenvalue weighted by Gasteiger charge is 2.01. The maximum Gasteiger partial charge on any atom is 0.0672 e. The van der Waals surface area contributed by atoms with Gasteiger partial charge in [-0.1, -0.05) is 99.2 Å². The van der Waals surface area contributed by atoms with E-state index < -0.39 is 0 Å². The number of nitrogens with zero attached hydrogens (tertiary/aromatic N) is 1. The van der Waals surface area contributed by atoms with E-state index in [0.29, 0.717) is 6.61 Å². The van der Waals surface area contributed by atoms with E-state index in [9.17, 15) is 0 Å². The predicted octanol–water partition coefficient (Wildman–Crippen LogP) is 7.75. The summed E-state index contributed by atoms with van der Waals surface area (Å²) in [5.41, 5.74) is 3.86. The third-order valence-corrected chi connectivity index (χ3v) is 4.18. The average Bonchev–Trinajstić information content (AvgIpc) is 2.81. The SMILES string of the molecule is C=C.C=C(C)COCCN(CCC)CCC.CCc1ccc(C)cc1.c1ccccc1. The van der Waals surface area contributed by atoms with Gasteiger partial charge in [0.05, 0.1) is 13.2 Å².